The fraction of sp³-hybridized carbons (Fsp3) is 0.182. The molecule has 8 nitrogen and oxygen atoms in total. The van der Waals surface area contributed by atoms with Gasteiger partial charge in [-0.2, -0.15) is 0 Å². The van der Waals surface area contributed by atoms with Crippen LogP contribution in [-0.4, -0.2) is 34.4 Å². The molecule has 5 rings (SSSR count). The Morgan fingerprint density at radius 3 is 2.81 bits per heavy atom. The Kier molecular flexibility index (Phi) is 5.37. The molecule has 0 fully saturated rings. The molecule has 1 aliphatic heterocycles. The molecule has 2 aromatic heterocycles. The lowest BCUT2D eigenvalue weighted by atomic mass is 10.1. The van der Waals surface area contributed by atoms with Gasteiger partial charge in [0, 0.05) is 5.56 Å². The van der Waals surface area contributed by atoms with Crippen molar-refractivity contribution in [2.75, 3.05) is 0 Å². The number of aromatic nitrogens is 5. The number of hydrogen-bond donors (Lipinski definition) is 0. The monoisotopic (exact) mass is 545 g/mol. The van der Waals surface area contributed by atoms with Gasteiger partial charge >= 0.3 is 5.97 Å². The van der Waals surface area contributed by atoms with Gasteiger partial charge in [0.2, 0.25) is 0 Å². The first-order valence-corrected chi connectivity index (χ1v) is 11.1. The third-order valence-electron chi connectivity index (χ3n) is 5.03. The van der Waals surface area contributed by atoms with E-state index in [9.17, 15) is 9.18 Å². The standard InChI is InChI=1S/C22H17FIN5O3/c1-13(24)32-22(30)20-18-10-28-19(11-31-15-5-3-2-4-6-15)26-27-21(28)16-9-14(23)7-8-17(16)29(18)12-25-20/h2-9,12-13H,10-11H2,1H3. The van der Waals surface area contributed by atoms with Crippen molar-refractivity contribution in [1.29, 1.82) is 0 Å². The van der Waals surface area contributed by atoms with E-state index in [2.05, 4.69) is 15.2 Å². The Balaban J connectivity index is 1.60. The summed E-state index contributed by atoms with van der Waals surface area (Å²) in [6.07, 6.45) is 1.54. The number of hydrogen-bond acceptors (Lipinski definition) is 6. The molecule has 0 saturated carbocycles. The highest BCUT2D eigenvalue weighted by atomic mass is 127. The molecule has 4 aromatic rings. The lowest BCUT2D eigenvalue weighted by Crippen LogP contribution is -2.16. The number of carbonyl (C=O) groups is 1. The maximum absolute atomic E-state index is 14.2. The number of carbonyl (C=O) groups excluding carboxylic acids is 1. The molecule has 0 bridgehead atoms. The van der Waals surface area contributed by atoms with Gasteiger partial charge in [-0.25, -0.2) is 14.2 Å². The fourth-order valence-electron chi connectivity index (χ4n) is 3.63. The van der Waals surface area contributed by atoms with Gasteiger partial charge in [-0.05, 0) is 59.8 Å². The smallest absolute Gasteiger partial charge is 0.359 e. The topological polar surface area (TPSA) is 84.1 Å². The molecule has 1 aliphatic rings. The van der Waals surface area contributed by atoms with Gasteiger partial charge in [0.25, 0.3) is 0 Å². The number of rotatable bonds is 5. The van der Waals surface area contributed by atoms with Crippen molar-refractivity contribution in [3.8, 4) is 22.8 Å². The Morgan fingerprint density at radius 1 is 1.22 bits per heavy atom. The Hall–Kier alpha value is -3.28. The van der Waals surface area contributed by atoms with E-state index in [1.165, 1.54) is 12.1 Å². The van der Waals surface area contributed by atoms with Crippen molar-refractivity contribution in [2.24, 2.45) is 0 Å². The van der Waals surface area contributed by atoms with Gasteiger partial charge in [0.15, 0.2) is 17.3 Å². The molecule has 0 spiro atoms. The average Bonchev–Trinajstić information content (AvgIpc) is 3.34. The van der Waals surface area contributed by atoms with E-state index < -0.39 is 11.8 Å². The molecule has 0 N–H and O–H groups in total. The van der Waals surface area contributed by atoms with Crippen LogP contribution in [0.25, 0.3) is 17.1 Å². The van der Waals surface area contributed by atoms with Crippen LogP contribution in [0.2, 0.25) is 0 Å². The van der Waals surface area contributed by atoms with Crippen molar-refractivity contribution in [3.05, 3.63) is 77.9 Å². The van der Waals surface area contributed by atoms with E-state index in [4.69, 9.17) is 9.47 Å². The number of benzene rings is 2. The lowest BCUT2D eigenvalue weighted by molar-refractivity contribution is 0.0494. The zero-order chi connectivity index (χ0) is 22.2. The second-order valence-electron chi connectivity index (χ2n) is 7.15. The van der Waals surface area contributed by atoms with E-state index in [0.29, 0.717) is 34.3 Å². The largest absolute Gasteiger partial charge is 0.486 e. The zero-order valence-electron chi connectivity index (χ0n) is 16.9. The van der Waals surface area contributed by atoms with Gasteiger partial charge < -0.3 is 14.0 Å². The van der Waals surface area contributed by atoms with E-state index in [0.717, 1.165) is 0 Å². The second-order valence-corrected chi connectivity index (χ2v) is 8.90. The third kappa shape index (κ3) is 3.74. The number of fused-ring (bicyclic) bond motifs is 5. The van der Waals surface area contributed by atoms with Gasteiger partial charge in [0.05, 0.1) is 17.9 Å². The van der Waals surface area contributed by atoms with Gasteiger partial charge in [-0.1, -0.05) is 18.2 Å². The quantitative estimate of drug-likeness (QED) is 0.188. The predicted molar refractivity (Wildman–Crippen MR) is 121 cm³/mol. The Labute approximate surface area is 196 Å². The van der Waals surface area contributed by atoms with Crippen LogP contribution in [0.1, 0.15) is 28.9 Å². The van der Waals surface area contributed by atoms with Crippen molar-refractivity contribution >= 4 is 28.6 Å². The van der Waals surface area contributed by atoms with Crippen LogP contribution in [0.3, 0.4) is 0 Å². The molecule has 0 aliphatic carbocycles. The lowest BCUT2D eigenvalue weighted by Gasteiger charge is -2.11. The first kappa shape index (κ1) is 20.6. The summed E-state index contributed by atoms with van der Waals surface area (Å²) in [4.78, 5) is 17.0. The van der Waals surface area contributed by atoms with E-state index in [-0.39, 0.29) is 23.0 Å². The van der Waals surface area contributed by atoms with Crippen LogP contribution >= 0.6 is 22.6 Å². The van der Waals surface area contributed by atoms with Crippen molar-refractivity contribution in [3.63, 3.8) is 0 Å². The summed E-state index contributed by atoms with van der Waals surface area (Å²) in [5.41, 5.74) is 1.98. The highest BCUT2D eigenvalue weighted by Gasteiger charge is 2.29. The SMILES string of the molecule is CC(I)OC(=O)c1ncn2c1Cn1c(COc3ccccc3)nnc1-c1cc(F)ccc1-2. The molecular formula is C22H17FIN5O3. The molecule has 1 unspecified atom stereocenters. The molecule has 0 radical (unpaired) electrons. The maximum Gasteiger partial charge on any atom is 0.359 e. The number of nitrogens with zero attached hydrogens (tertiary/aromatic N) is 5. The third-order valence-corrected chi connectivity index (χ3v) is 5.29. The summed E-state index contributed by atoms with van der Waals surface area (Å²) in [6, 6.07) is 13.7. The molecule has 0 saturated heterocycles. The van der Waals surface area contributed by atoms with Crippen LogP contribution in [0.4, 0.5) is 4.39 Å². The van der Waals surface area contributed by atoms with E-state index in [1.54, 1.807) is 23.9 Å². The van der Waals surface area contributed by atoms with Crippen LogP contribution in [0.5, 0.6) is 5.75 Å². The zero-order valence-corrected chi connectivity index (χ0v) is 19.1. The van der Waals surface area contributed by atoms with Crippen molar-refractivity contribution < 1.29 is 18.7 Å². The first-order chi connectivity index (χ1) is 15.5. The molecule has 162 valence electrons. The van der Waals surface area contributed by atoms with Gasteiger partial charge in [-0.15, -0.1) is 10.2 Å². The maximum atomic E-state index is 14.2. The van der Waals surface area contributed by atoms with E-state index >= 15 is 0 Å². The van der Waals surface area contributed by atoms with Crippen LogP contribution in [0, 0.1) is 5.82 Å². The summed E-state index contributed by atoms with van der Waals surface area (Å²) >= 11 is 2.01. The predicted octanol–water partition coefficient (Wildman–Crippen LogP) is 4.15. The molecular weight excluding hydrogens is 528 g/mol. The number of ether oxygens (including phenoxy) is 2. The number of esters is 1. The van der Waals surface area contributed by atoms with Crippen LogP contribution in [-0.2, 0) is 17.9 Å². The summed E-state index contributed by atoms with van der Waals surface area (Å²) in [6.45, 7) is 2.16. The van der Waals surface area contributed by atoms with Gasteiger partial charge in [-0.3, -0.25) is 4.57 Å². The van der Waals surface area contributed by atoms with Crippen LogP contribution in [0.15, 0.2) is 54.9 Å². The van der Waals surface area contributed by atoms with Crippen LogP contribution < -0.4 is 4.74 Å². The minimum absolute atomic E-state index is 0.153. The molecule has 3 heterocycles. The number of imidazole rings is 1. The number of para-hydroxylation sites is 1. The summed E-state index contributed by atoms with van der Waals surface area (Å²) in [5.74, 6) is 0.784. The average molecular weight is 545 g/mol. The second kappa shape index (κ2) is 8.34. The fourth-order valence-corrected chi connectivity index (χ4v) is 3.86. The molecule has 0 amide bonds. The van der Waals surface area contributed by atoms with Crippen molar-refractivity contribution in [1.82, 2.24) is 24.3 Å². The first-order valence-electron chi connectivity index (χ1n) is 9.82. The summed E-state index contributed by atoms with van der Waals surface area (Å²) < 4.78 is 28.6. The van der Waals surface area contributed by atoms with E-state index in [1.807, 2.05) is 57.5 Å². The van der Waals surface area contributed by atoms with Gasteiger partial charge in [0.1, 0.15) is 28.6 Å². The summed E-state index contributed by atoms with van der Waals surface area (Å²) in [7, 11) is 0. The van der Waals surface area contributed by atoms with Crippen molar-refractivity contribution in [2.45, 2.75) is 24.2 Å². The Morgan fingerprint density at radius 2 is 2.03 bits per heavy atom. The normalized spacial score (nSPS) is 12.8. The minimum Gasteiger partial charge on any atom is -0.486 e. The highest BCUT2D eigenvalue weighted by Crippen LogP contribution is 2.33. The molecule has 10 heteroatoms. The molecule has 2 aromatic carbocycles. The number of halogens is 2. The minimum atomic E-state index is -0.525. The molecule has 32 heavy (non-hydrogen) atoms. The number of alkyl halides is 1. The molecule has 1 atom stereocenters. The summed E-state index contributed by atoms with van der Waals surface area (Å²) in [5, 5.41) is 8.59. The Bertz CT molecular complexity index is 1300. The highest BCUT2D eigenvalue weighted by molar-refractivity contribution is 14.1.